The predicted molar refractivity (Wildman–Crippen MR) is 69.8 cm³/mol. The number of rotatable bonds is 4. The minimum absolute atomic E-state index is 0.293. The van der Waals surface area contributed by atoms with Gasteiger partial charge in [0.05, 0.1) is 0 Å². The largest absolute Gasteiger partial charge is 0.363 e. The fourth-order valence-corrected chi connectivity index (χ4v) is 1.58. The van der Waals surface area contributed by atoms with E-state index in [2.05, 4.69) is 46.9 Å². The molecule has 0 aliphatic rings. The summed E-state index contributed by atoms with van der Waals surface area (Å²) >= 11 is 3.54. The Bertz CT molecular complexity index is 304. The highest BCUT2D eigenvalue weighted by Crippen LogP contribution is 2.24. The Morgan fingerprint density at radius 1 is 1.33 bits per heavy atom. The summed E-state index contributed by atoms with van der Waals surface area (Å²) in [6.07, 6.45) is 3.03. The number of halogens is 1. The standard InChI is InChI=1S/C12H19BrN2/c1-12(2,9-13)7-10-5-6-11(14-8-10)15(3)4/h5-6,8H,7,9H2,1-4H3. The second-order valence-electron chi connectivity index (χ2n) is 4.89. The van der Waals surface area contributed by atoms with Crippen molar-refractivity contribution < 1.29 is 0 Å². The average Bonchev–Trinajstić information content (AvgIpc) is 2.18. The van der Waals surface area contributed by atoms with Crippen molar-refractivity contribution in [3.63, 3.8) is 0 Å². The molecule has 1 rings (SSSR count). The summed E-state index contributed by atoms with van der Waals surface area (Å²) in [6.45, 7) is 4.50. The zero-order valence-electron chi connectivity index (χ0n) is 9.92. The number of nitrogens with zero attached hydrogens (tertiary/aromatic N) is 2. The molecule has 0 aliphatic heterocycles. The van der Waals surface area contributed by atoms with Gasteiger partial charge < -0.3 is 4.90 Å². The zero-order chi connectivity index (χ0) is 11.5. The van der Waals surface area contributed by atoms with Gasteiger partial charge in [-0.05, 0) is 23.5 Å². The minimum atomic E-state index is 0.293. The maximum Gasteiger partial charge on any atom is 0.127 e. The van der Waals surface area contributed by atoms with Gasteiger partial charge >= 0.3 is 0 Å². The van der Waals surface area contributed by atoms with E-state index in [0.717, 1.165) is 17.6 Å². The SMILES string of the molecule is CN(C)c1ccc(CC(C)(C)CBr)cn1. The Hall–Kier alpha value is -0.570. The third kappa shape index (κ3) is 3.82. The molecular formula is C12H19BrN2. The lowest BCUT2D eigenvalue weighted by atomic mass is 9.89. The van der Waals surface area contributed by atoms with Crippen LogP contribution in [0.15, 0.2) is 18.3 Å². The van der Waals surface area contributed by atoms with Crippen LogP contribution in [0.4, 0.5) is 5.82 Å². The van der Waals surface area contributed by atoms with E-state index in [-0.39, 0.29) is 0 Å². The zero-order valence-corrected chi connectivity index (χ0v) is 11.5. The molecule has 0 saturated heterocycles. The Morgan fingerprint density at radius 3 is 2.40 bits per heavy atom. The fraction of sp³-hybridized carbons (Fsp3) is 0.583. The van der Waals surface area contributed by atoms with Crippen molar-refractivity contribution in [3.05, 3.63) is 23.9 Å². The normalized spacial score (nSPS) is 11.5. The van der Waals surface area contributed by atoms with Gasteiger partial charge in [0.2, 0.25) is 0 Å². The van der Waals surface area contributed by atoms with E-state index in [1.54, 1.807) is 0 Å². The van der Waals surface area contributed by atoms with Crippen LogP contribution in [-0.2, 0) is 6.42 Å². The van der Waals surface area contributed by atoms with Gasteiger partial charge in [-0.2, -0.15) is 0 Å². The highest BCUT2D eigenvalue weighted by Gasteiger charge is 2.16. The van der Waals surface area contributed by atoms with Gasteiger partial charge in [-0.15, -0.1) is 0 Å². The highest BCUT2D eigenvalue weighted by molar-refractivity contribution is 9.09. The highest BCUT2D eigenvalue weighted by atomic mass is 79.9. The van der Waals surface area contributed by atoms with Crippen LogP contribution in [0.5, 0.6) is 0 Å². The molecule has 2 nitrogen and oxygen atoms in total. The molecule has 0 N–H and O–H groups in total. The molecule has 1 heterocycles. The van der Waals surface area contributed by atoms with E-state index < -0.39 is 0 Å². The summed E-state index contributed by atoms with van der Waals surface area (Å²) in [4.78, 5) is 6.42. The van der Waals surface area contributed by atoms with Gasteiger partial charge in [-0.25, -0.2) is 4.98 Å². The molecule has 0 spiro atoms. The predicted octanol–water partition coefficient (Wildman–Crippen LogP) is 3.11. The lowest BCUT2D eigenvalue weighted by Crippen LogP contribution is -2.17. The van der Waals surface area contributed by atoms with Gasteiger partial charge in [-0.3, -0.25) is 0 Å². The summed E-state index contributed by atoms with van der Waals surface area (Å²) in [5.74, 6) is 1.01. The van der Waals surface area contributed by atoms with Crippen molar-refractivity contribution in [3.8, 4) is 0 Å². The summed E-state index contributed by atoms with van der Waals surface area (Å²) in [7, 11) is 4.01. The Morgan fingerprint density at radius 2 is 2.00 bits per heavy atom. The van der Waals surface area contributed by atoms with Crippen molar-refractivity contribution in [2.75, 3.05) is 24.3 Å². The first-order valence-corrected chi connectivity index (χ1v) is 6.25. The van der Waals surface area contributed by atoms with Gasteiger partial charge in [-0.1, -0.05) is 35.8 Å². The van der Waals surface area contributed by atoms with Gasteiger partial charge in [0.25, 0.3) is 0 Å². The Labute approximate surface area is 101 Å². The number of hydrogen-bond acceptors (Lipinski definition) is 2. The molecule has 1 aromatic rings. The van der Waals surface area contributed by atoms with Crippen molar-refractivity contribution in [2.45, 2.75) is 20.3 Å². The van der Waals surface area contributed by atoms with Crippen LogP contribution >= 0.6 is 15.9 Å². The lowest BCUT2D eigenvalue weighted by molar-refractivity contribution is 0.424. The molecule has 0 atom stereocenters. The Balaban J connectivity index is 2.73. The molecule has 84 valence electrons. The first-order chi connectivity index (χ1) is 6.94. The number of aromatic nitrogens is 1. The minimum Gasteiger partial charge on any atom is -0.363 e. The van der Waals surface area contributed by atoms with E-state index in [0.29, 0.717) is 5.41 Å². The van der Waals surface area contributed by atoms with Crippen LogP contribution in [0, 0.1) is 5.41 Å². The number of hydrogen-bond donors (Lipinski definition) is 0. The number of anilines is 1. The molecule has 0 aliphatic carbocycles. The van der Waals surface area contributed by atoms with Crippen LogP contribution < -0.4 is 4.90 Å². The number of pyridine rings is 1. The van der Waals surface area contributed by atoms with E-state index in [1.165, 1.54) is 5.56 Å². The second kappa shape index (κ2) is 4.97. The van der Waals surface area contributed by atoms with Crippen LogP contribution in [0.2, 0.25) is 0 Å². The molecule has 0 radical (unpaired) electrons. The van der Waals surface area contributed by atoms with Gasteiger partial charge in [0.1, 0.15) is 5.82 Å². The van der Waals surface area contributed by atoms with E-state index in [4.69, 9.17) is 0 Å². The van der Waals surface area contributed by atoms with Crippen LogP contribution in [-0.4, -0.2) is 24.4 Å². The monoisotopic (exact) mass is 270 g/mol. The van der Waals surface area contributed by atoms with Crippen molar-refractivity contribution in [1.29, 1.82) is 0 Å². The molecule has 0 saturated carbocycles. The van der Waals surface area contributed by atoms with Crippen molar-refractivity contribution in [2.24, 2.45) is 5.41 Å². The molecular weight excluding hydrogens is 252 g/mol. The van der Waals surface area contributed by atoms with Gasteiger partial charge in [0, 0.05) is 25.6 Å². The molecule has 1 aromatic heterocycles. The summed E-state index contributed by atoms with van der Waals surface area (Å²) in [6, 6.07) is 4.23. The lowest BCUT2D eigenvalue weighted by Gasteiger charge is -2.21. The van der Waals surface area contributed by atoms with E-state index in [1.807, 2.05) is 25.2 Å². The molecule has 15 heavy (non-hydrogen) atoms. The second-order valence-corrected chi connectivity index (χ2v) is 5.45. The van der Waals surface area contributed by atoms with E-state index in [9.17, 15) is 0 Å². The molecule has 3 heteroatoms. The molecule has 0 amide bonds. The Kier molecular flexibility index (Phi) is 4.14. The fourth-order valence-electron chi connectivity index (χ4n) is 1.39. The molecule has 0 bridgehead atoms. The van der Waals surface area contributed by atoms with Crippen molar-refractivity contribution >= 4 is 21.7 Å². The summed E-state index contributed by atoms with van der Waals surface area (Å²) < 4.78 is 0. The quantitative estimate of drug-likeness (QED) is 0.782. The molecule has 0 aromatic carbocycles. The number of alkyl halides is 1. The maximum absolute atomic E-state index is 4.41. The van der Waals surface area contributed by atoms with Crippen LogP contribution in [0.1, 0.15) is 19.4 Å². The smallest absolute Gasteiger partial charge is 0.127 e. The summed E-state index contributed by atoms with van der Waals surface area (Å²) in [5.41, 5.74) is 1.59. The maximum atomic E-state index is 4.41. The van der Waals surface area contributed by atoms with Crippen molar-refractivity contribution in [1.82, 2.24) is 4.98 Å². The molecule has 0 unspecified atom stereocenters. The van der Waals surface area contributed by atoms with E-state index >= 15 is 0 Å². The van der Waals surface area contributed by atoms with Gasteiger partial charge in [0.15, 0.2) is 0 Å². The van der Waals surface area contributed by atoms with Crippen LogP contribution in [0.3, 0.4) is 0 Å². The van der Waals surface area contributed by atoms with Crippen LogP contribution in [0.25, 0.3) is 0 Å². The topological polar surface area (TPSA) is 16.1 Å². The third-order valence-electron chi connectivity index (χ3n) is 2.31. The molecule has 0 fully saturated rings. The average molecular weight is 271 g/mol. The first kappa shape index (κ1) is 12.5. The first-order valence-electron chi connectivity index (χ1n) is 5.13. The summed E-state index contributed by atoms with van der Waals surface area (Å²) in [5, 5.41) is 1.01. The third-order valence-corrected chi connectivity index (χ3v) is 3.83.